The molecule has 1 aromatic carbocycles. The van der Waals surface area contributed by atoms with Gasteiger partial charge in [-0.3, -0.25) is 0 Å². The van der Waals surface area contributed by atoms with Gasteiger partial charge in [0.1, 0.15) is 11.6 Å². The number of ether oxygens (including phenoxy) is 1. The number of benzene rings is 1. The molecule has 3 N–H and O–H groups in total. The highest BCUT2D eigenvalue weighted by Crippen LogP contribution is 2.33. The zero-order valence-electron chi connectivity index (χ0n) is 20.5. The van der Waals surface area contributed by atoms with Crippen molar-refractivity contribution in [1.82, 2.24) is 25.2 Å². The predicted octanol–water partition coefficient (Wildman–Crippen LogP) is 2.37. The lowest BCUT2D eigenvalue weighted by Gasteiger charge is -2.43. The van der Waals surface area contributed by atoms with Crippen molar-refractivity contribution in [2.75, 3.05) is 32.9 Å². The molecule has 1 aliphatic heterocycles. The van der Waals surface area contributed by atoms with Crippen molar-refractivity contribution >= 4 is 22.1 Å². The minimum Gasteiger partial charge on any atom is -0.406 e. The van der Waals surface area contributed by atoms with E-state index in [1.807, 2.05) is 0 Å². The summed E-state index contributed by atoms with van der Waals surface area (Å²) in [6, 6.07) is 1.47. The standard InChI is InChI=1S/C22H31F4N5O5S/c1-27-20(32)30-12-14(7-8-29-37(2,34)35)9-17(13-30)31(16-4-5-16)21(33)28-11-15-3-6-18(10-19(15)23)36-22(24,25)26/h3,6,10,14,16-17,29H,4-5,7-9,11-13H2,1-2H3,(H,27,32)(H,28,33)/t14?,17-/m1/s1. The molecule has 4 amide bonds. The van der Waals surface area contributed by atoms with Crippen LogP contribution in [0.1, 0.15) is 31.2 Å². The van der Waals surface area contributed by atoms with E-state index in [4.69, 9.17) is 0 Å². The minimum atomic E-state index is -4.95. The number of halogens is 4. The molecule has 15 heteroatoms. The van der Waals surface area contributed by atoms with E-state index in [0.29, 0.717) is 25.5 Å². The summed E-state index contributed by atoms with van der Waals surface area (Å²) in [7, 11) is -1.87. The second-order valence-electron chi connectivity index (χ2n) is 9.27. The Kier molecular flexibility index (Phi) is 9.10. The first-order valence-corrected chi connectivity index (χ1v) is 13.7. The third-order valence-electron chi connectivity index (χ3n) is 6.19. The Labute approximate surface area is 212 Å². The Morgan fingerprint density at radius 1 is 1.19 bits per heavy atom. The normalized spacial score (nSPS) is 20.3. The number of urea groups is 2. The smallest absolute Gasteiger partial charge is 0.406 e. The van der Waals surface area contributed by atoms with Crippen LogP contribution in [0.4, 0.5) is 27.2 Å². The van der Waals surface area contributed by atoms with Crippen LogP contribution in [0.25, 0.3) is 0 Å². The number of alkyl halides is 3. The average Bonchev–Trinajstić information content (AvgIpc) is 3.61. The quantitative estimate of drug-likeness (QED) is 0.406. The van der Waals surface area contributed by atoms with Crippen molar-refractivity contribution in [3.05, 3.63) is 29.6 Å². The Morgan fingerprint density at radius 2 is 1.89 bits per heavy atom. The molecule has 0 spiro atoms. The van der Waals surface area contributed by atoms with Gasteiger partial charge < -0.3 is 25.2 Å². The molecule has 2 atom stereocenters. The molecular weight excluding hydrogens is 522 g/mol. The monoisotopic (exact) mass is 553 g/mol. The van der Waals surface area contributed by atoms with Gasteiger partial charge in [-0.2, -0.15) is 0 Å². The van der Waals surface area contributed by atoms with Gasteiger partial charge in [-0.25, -0.2) is 27.1 Å². The Hall–Kier alpha value is -2.81. The van der Waals surface area contributed by atoms with Crippen LogP contribution < -0.4 is 20.1 Å². The molecule has 0 aromatic heterocycles. The molecule has 1 aliphatic carbocycles. The number of amides is 4. The highest BCUT2D eigenvalue weighted by atomic mass is 32.2. The van der Waals surface area contributed by atoms with E-state index in [0.717, 1.165) is 31.2 Å². The SMILES string of the molecule is CNC(=O)N1CC(CCNS(C)(=O)=O)C[C@@H](N(C(=O)NCc2ccc(OC(F)(F)F)cc2F)C2CC2)C1. The number of hydrogen-bond donors (Lipinski definition) is 3. The van der Waals surface area contributed by atoms with Crippen LogP contribution in [0.5, 0.6) is 5.75 Å². The van der Waals surface area contributed by atoms with Crippen molar-refractivity contribution in [1.29, 1.82) is 0 Å². The maximum atomic E-state index is 14.3. The lowest BCUT2D eigenvalue weighted by atomic mass is 9.90. The lowest BCUT2D eigenvalue weighted by Crippen LogP contribution is -2.58. The van der Waals surface area contributed by atoms with E-state index in [-0.39, 0.29) is 49.2 Å². The zero-order chi connectivity index (χ0) is 27.4. The third kappa shape index (κ3) is 8.91. The maximum absolute atomic E-state index is 14.3. The van der Waals surface area contributed by atoms with Crippen molar-refractivity contribution in [3.8, 4) is 5.75 Å². The first kappa shape index (κ1) is 28.8. The predicted molar refractivity (Wildman–Crippen MR) is 126 cm³/mol. The number of rotatable bonds is 9. The van der Waals surface area contributed by atoms with Crippen LogP contribution in [0.3, 0.4) is 0 Å². The van der Waals surface area contributed by atoms with E-state index >= 15 is 0 Å². The molecule has 2 aliphatic rings. The average molecular weight is 554 g/mol. The number of sulfonamides is 1. The van der Waals surface area contributed by atoms with Crippen LogP contribution in [0, 0.1) is 11.7 Å². The molecule has 2 fully saturated rings. The molecular formula is C22H31F4N5O5S. The van der Waals surface area contributed by atoms with Crippen molar-refractivity contribution in [3.63, 3.8) is 0 Å². The van der Waals surface area contributed by atoms with Crippen molar-refractivity contribution in [2.45, 2.75) is 50.7 Å². The Balaban J connectivity index is 1.68. The summed E-state index contributed by atoms with van der Waals surface area (Å²) < 4.78 is 80.4. The maximum Gasteiger partial charge on any atom is 0.573 e. The van der Waals surface area contributed by atoms with Gasteiger partial charge in [0.25, 0.3) is 0 Å². The summed E-state index contributed by atoms with van der Waals surface area (Å²) in [5.41, 5.74) is -0.0148. The van der Waals surface area contributed by atoms with E-state index < -0.39 is 34.0 Å². The highest BCUT2D eigenvalue weighted by Gasteiger charge is 2.41. The summed E-state index contributed by atoms with van der Waals surface area (Å²) in [5, 5.41) is 5.21. The number of carbonyl (C=O) groups is 2. The largest absolute Gasteiger partial charge is 0.573 e. The van der Waals surface area contributed by atoms with Gasteiger partial charge in [-0.05, 0) is 37.7 Å². The van der Waals surface area contributed by atoms with Gasteiger partial charge in [0.05, 0.1) is 12.3 Å². The summed E-state index contributed by atoms with van der Waals surface area (Å²) in [6.45, 7) is 0.616. The summed E-state index contributed by atoms with van der Waals surface area (Å²) in [5.74, 6) is -1.73. The fraction of sp³-hybridized carbons (Fsp3) is 0.636. The van der Waals surface area contributed by atoms with Crippen molar-refractivity contribution in [2.24, 2.45) is 5.92 Å². The molecule has 1 unspecified atom stereocenters. The molecule has 37 heavy (non-hydrogen) atoms. The van der Waals surface area contributed by atoms with Crippen LogP contribution >= 0.6 is 0 Å². The number of likely N-dealkylation sites (tertiary alicyclic amines) is 1. The topological polar surface area (TPSA) is 120 Å². The number of piperidine rings is 1. The minimum absolute atomic E-state index is 0.0148. The molecule has 1 saturated heterocycles. The summed E-state index contributed by atoms with van der Waals surface area (Å²) in [6.07, 6.45) is -1.35. The molecule has 0 radical (unpaired) electrons. The van der Waals surface area contributed by atoms with Gasteiger partial charge >= 0.3 is 18.4 Å². The molecule has 3 rings (SSSR count). The number of carbonyl (C=O) groups excluding carboxylic acids is 2. The Morgan fingerprint density at radius 3 is 2.46 bits per heavy atom. The van der Waals surface area contributed by atoms with Crippen LogP contribution in [0.2, 0.25) is 0 Å². The molecule has 10 nitrogen and oxygen atoms in total. The van der Waals surface area contributed by atoms with Gasteiger partial charge in [0, 0.05) is 50.9 Å². The van der Waals surface area contributed by atoms with Gasteiger partial charge in [-0.15, -0.1) is 13.2 Å². The fourth-order valence-corrected chi connectivity index (χ4v) is 4.96. The fourth-order valence-electron chi connectivity index (χ4n) is 4.47. The second-order valence-corrected chi connectivity index (χ2v) is 11.1. The molecule has 1 heterocycles. The van der Waals surface area contributed by atoms with E-state index in [9.17, 15) is 35.6 Å². The number of nitrogens with zero attached hydrogens (tertiary/aromatic N) is 2. The molecule has 1 saturated carbocycles. The van der Waals surface area contributed by atoms with E-state index in [1.165, 1.54) is 7.05 Å². The molecule has 1 aromatic rings. The second kappa shape index (κ2) is 11.7. The molecule has 208 valence electrons. The third-order valence-corrected chi connectivity index (χ3v) is 6.92. The van der Waals surface area contributed by atoms with E-state index in [1.54, 1.807) is 9.80 Å². The van der Waals surface area contributed by atoms with Crippen LogP contribution in [-0.2, 0) is 16.6 Å². The number of nitrogens with one attached hydrogen (secondary N) is 3. The summed E-state index contributed by atoms with van der Waals surface area (Å²) in [4.78, 5) is 28.8. The van der Waals surface area contributed by atoms with E-state index in [2.05, 4.69) is 20.1 Å². The summed E-state index contributed by atoms with van der Waals surface area (Å²) >= 11 is 0. The van der Waals surface area contributed by atoms with Crippen molar-refractivity contribution < 1.29 is 40.3 Å². The lowest BCUT2D eigenvalue weighted by molar-refractivity contribution is -0.274. The first-order valence-electron chi connectivity index (χ1n) is 11.8. The number of hydrogen-bond acceptors (Lipinski definition) is 5. The van der Waals surface area contributed by atoms with Crippen LogP contribution in [0.15, 0.2) is 18.2 Å². The Bertz CT molecular complexity index is 1080. The highest BCUT2D eigenvalue weighted by molar-refractivity contribution is 7.88. The van der Waals surface area contributed by atoms with Gasteiger partial charge in [0.15, 0.2) is 0 Å². The van der Waals surface area contributed by atoms with Gasteiger partial charge in [0.2, 0.25) is 10.0 Å². The zero-order valence-corrected chi connectivity index (χ0v) is 21.3. The first-order chi connectivity index (χ1) is 17.3. The molecule has 0 bridgehead atoms. The van der Waals surface area contributed by atoms with Crippen LogP contribution in [-0.4, -0.2) is 81.7 Å². The van der Waals surface area contributed by atoms with Gasteiger partial charge in [-0.1, -0.05) is 6.07 Å².